The minimum Gasteiger partial charge on any atom is -0.461 e. The molecule has 0 aliphatic carbocycles. The minimum atomic E-state index is 0.0498. The summed E-state index contributed by atoms with van der Waals surface area (Å²) in [4.78, 5) is 13.2. The lowest BCUT2D eigenvalue weighted by molar-refractivity contribution is -0.409. The topological polar surface area (TPSA) is 123 Å². The first-order valence-electron chi connectivity index (χ1n) is 10.5. The van der Waals surface area contributed by atoms with Gasteiger partial charge in [-0.15, -0.1) is 0 Å². The van der Waals surface area contributed by atoms with E-state index in [4.69, 9.17) is 15.6 Å². The Morgan fingerprint density at radius 3 is 2.77 bits per heavy atom. The van der Waals surface area contributed by atoms with E-state index < -0.39 is 0 Å². The summed E-state index contributed by atoms with van der Waals surface area (Å²) in [5.41, 5.74) is 8.54. The first kappa shape index (κ1) is 20.8. The number of piperazine rings is 1. The number of likely N-dealkylation sites (N-methyl/N-ethyl adjacent to an activating group) is 1. The molecule has 3 heterocycles. The Hall–Kier alpha value is -3.43. The predicted molar refractivity (Wildman–Crippen MR) is 122 cm³/mol. The molecule has 1 aromatic carbocycles. The van der Waals surface area contributed by atoms with Crippen LogP contribution in [-0.2, 0) is 6.42 Å². The van der Waals surface area contributed by atoms with E-state index in [1.165, 1.54) is 17.5 Å². The molecule has 2 aromatic rings. The lowest BCUT2D eigenvalue weighted by Gasteiger charge is -2.29. The van der Waals surface area contributed by atoms with Gasteiger partial charge in [-0.3, -0.25) is 5.41 Å². The molecule has 0 atom stereocenters. The zero-order valence-corrected chi connectivity index (χ0v) is 17.7. The average Bonchev–Trinajstić information content (AvgIpc) is 3.33. The summed E-state index contributed by atoms with van der Waals surface area (Å²) in [6, 6.07) is 12.2. The van der Waals surface area contributed by atoms with E-state index in [9.17, 15) is 0 Å². The summed E-state index contributed by atoms with van der Waals surface area (Å²) in [5, 5.41) is 13.1. The number of anilines is 1. The van der Waals surface area contributed by atoms with E-state index in [1.54, 1.807) is 17.4 Å². The molecule has 9 nitrogen and oxygen atoms in total. The van der Waals surface area contributed by atoms with Crippen LogP contribution in [0.1, 0.15) is 11.3 Å². The molecule has 1 aromatic heterocycles. The van der Waals surface area contributed by atoms with Crippen LogP contribution in [-0.4, -0.2) is 62.3 Å². The third-order valence-corrected chi connectivity index (χ3v) is 5.36. The number of amidine groups is 2. The summed E-state index contributed by atoms with van der Waals surface area (Å²) < 4.78 is 5.23. The number of guanidine groups is 1. The third-order valence-electron chi connectivity index (χ3n) is 5.36. The Morgan fingerprint density at radius 1 is 1.29 bits per heavy atom. The Kier molecular flexibility index (Phi) is 6.44. The molecule has 2 aliphatic heterocycles. The van der Waals surface area contributed by atoms with Gasteiger partial charge in [0.2, 0.25) is 5.84 Å². The highest BCUT2D eigenvalue weighted by molar-refractivity contribution is 6.06. The fourth-order valence-corrected chi connectivity index (χ4v) is 3.59. The molecule has 1 saturated heterocycles. The van der Waals surface area contributed by atoms with Crippen molar-refractivity contribution in [1.29, 1.82) is 5.41 Å². The van der Waals surface area contributed by atoms with Crippen molar-refractivity contribution >= 4 is 23.3 Å². The molecular formula is C22H29N8O+. The molecule has 0 saturated carbocycles. The highest BCUT2D eigenvalue weighted by Crippen LogP contribution is 2.17. The number of hydrogen-bond donors (Lipinski definition) is 4. The highest BCUT2D eigenvalue weighted by atomic mass is 16.3. The Morgan fingerprint density at radius 2 is 2.06 bits per heavy atom. The number of benzene rings is 1. The van der Waals surface area contributed by atoms with Gasteiger partial charge in [0.1, 0.15) is 5.82 Å². The second-order valence-corrected chi connectivity index (χ2v) is 7.62. The Labute approximate surface area is 181 Å². The molecule has 6 N–H and O–H groups in total. The minimum absolute atomic E-state index is 0.0498. The first-order valence-corrected chi connectivity index (χ1v) is 10.5. The first-order chi connectivity index (χ1) is 15.1. The van der Waals surface area contributed by atoms with E-state index in [2.05, 4.69) is 49.4 Å². The number of aliphatic imine (C=N–C) groups is 2. The van der Waals surface area contributed by atoms with Gasteiger partial charge in [-0.25, -0.2) is 5.32 Å². The van der Waals surface area contributed by atoms with Gasteiger partial charge >= 0.3 is 5.96 Å². The van der Waals surface area contributed by atoms with Crippen LogP contribution in [0.25, 0.3) is 0 Å². The smallest absolute Gasteiger partial charge is 0.304 e. The molecule has 162 valence electrons. The largest absolute Gasteiger partial charge is 0.461 e. The van der Waals surface area contributed by atoms with E-state index in [0.29, 0.717) is 17.6 Å². The van der Waals surface area contributed by atoms with Crippen LogP contribution in [0.4, 0.5) is 5.69 Å². The van der Waals surface area contributed by atoms with Crippen LogP contribution >= 0.6 is 0 Å². The molecule has 0 unspecified atom stereocenters. The standard InChI is InChI=1S/C22H28N8O/c1-29(11-8-16-4-6-17(7-5-16)30-12-9-25-10-13-30)20-15-19(27-22(24)28-20)26-21(23)18-3-2-14-31-18/h2-7,14-15,25H,8-13H2,1H3,(H4,23,24,26,27,28)/p+1. The van der Waals surface area contributed by atoms with Gasteiger partial charge in [0, 0.05) is 45.5 Å². The zero-order valence-electron chi connectivity index (χ0n) is 17.7. The van der Waals surface area contributed by atoms with Crippen LogP contribution < -0.4 is 21.3 Å². The number of nitrogens with zero attached hydrogens (tertiary/aromatic N) is 4. The van der Waals surface area contributed by atoms with E-state index >= 15 is 0 Å². The van der Waals surface area contributed by atoms with Crippen molar-refractivity contribution in [3.8, 4) is 0 Å². The molecule has 31 heavy (non-hydrogen) atoms. The Balaban J connectivity index is 1.37. The molecule has 0 spiro atoms. The van der Waals surface area contributed by atoms with E-state index in [1.807, 2.05) is 13.1 Å². The van der Waals surface area contributed by atoms with Crippen molar-refractivity contribution < 1.29 is 9.73 Å². The van der Waals surface area contributed by atoms with Crippen LogP contribution in [0.15, 0.2) is 69.0 Å². The summed E-state index contributed by atoms with van der Waals surface area (Å²) in [7, 11) is 1.98. The van der Waals surface area contributed by atoms with E-state index in [-0.39, 0.29) is 5.84 Å². The fraction of sp³-hybridized carbons (Fsp3) is 0.318. The van der Waals surface area contributed by atoms with Crippen molar-refractivity contribution in [3.63, 3.8) is 0 Å². The van der Waals surface area contributed by atoms with Gasteiger partial charge in [0.25, 0.3) is 0 Å². The van der Waals surface area contributed by atoms with Gasteiger partial charge in [0.15, 0.2) is 11.6 Å². The number of quaternary nitrogens is 1. The van der Waals surface area contributed by atoms with Gasteiger partial charge in [0.05, 0.1) is 12.3 Å². The predicted octanol–water partition coefficient (Wildman–Crippen LogP) is 0.321. The second-order valence-electron chi connectivity index (χ2n) is 7.62. The van der Waals surface area contributed by atoms with Crippen molar-refractivity contribution in [2.75, 3.05) is 44.7 Å². The van der Waals surface area contributed by atoms with Crippen LogP contribution in [0.3, 0.4) is 0 Å². The maximum absolute atomic E-state index is 8.07. The molecule has 2 aliphatic rings. The molecule has 0 amide bonds. The maximum atomic E-state index is 8.07. The number of rotatable bonds is 6. The molecule has 0 bridgehead atoms. The molecule has 9 heteroatoms. The summed E-state index contributed by atoms with van der Waals surface area (Å²) >= 11 is 0. The number of hydrogen-bond acceptors (Lipinski definition) is 7. The monoisotopic (exact) mass is 421 g/mol. The van der Waals surface area contributed by atoms with E-state index in [0.717, 1.165) is 45.0 Å². The normalized spacial score (nSPS) is 18.0. The summed E-state index contributed by atoms with van der Waals surface area (Å²) in [6.45, 7) is 4.96. The SMILES string of the molecule is CN(CCc1ccc(N2CCNCC2)cc1)C1=CC(=NC(=N)c2ccco2)[NH2+]C(N)=N1. The van der Waals surface area contributed by atoms with Gasteiger partial charge < -0.3 is 25.3 Å². The van der Waals surface area contributed by atoms with Crippen molar-refractivity contribution in [3.05, 3.63) is 65.9 Å². The third kappa shape index (κ3) is 5.39. The Bertz CT molecular complexity index is 985. The number of nitrogens with two attached hydrogens (primary N) is 2. The van der Waals surface area contributed by atoms with Gasteiger partial charge in [-0.2, -0.15) is 9.98 Å². The summed E-state index contributed by atoms with van der Waals surface area (Å²) in [5.74, 6) is 2.14. The van der Waals surface area contributed by atoms with Crippen molar-refractivity contribution in [2.24, 2.45) is 15.7 Å². The van der Waals surface area contributed by atoms with Crippen molar-refractivity contribution in [2.45, 2.75) is 6.42 Å². The van der Waals surface area contributed by atoms with Gasteiger partial charge in [-0.1, -0.05) is 12.1 Å². The van der Waals surface area contributed by atoms with Crippen LogP contribution in [0.5, 0.6) is 0 Å². The lowest BCUT2D eigenvalue weighted by Crippen LogP contribution is -2.94. The average molecular weight is 422 g/mol. The molecule has 1 fully saturated rings. The number of nitrogens with one attached hydrogen (secondary N) is 2. The van der Waals surface area contributed by atoms with Crippen LogP contribution in [0.2, 0.25) is 0 Å². The number of furan rings is 1. The molecule has 4 rings (SSSR count). The molecular weight excluding hydrogens is 392 g/mol. The quantitative estimate of drug-likeness (QED) is 0.395. The zero-order chi connectivity index (χ0) is 21.6. The van der Waals surface area contributed by atoms with Crippen LogP contribution in [0, 0.1) is 5.41 Å². The summed E-state index contributed by atoms with van der Waals surface area (Å²) in [6.07, 6.45) is 4.25. The highest BCUT2D eigenvalue weighted by Gasteiger charge is 2.18. The van der Waals surface area contributed by atoms with Crippen molar-refractivity contribution in [1.82, 2.24) is 10.2 Å². The lowest BCUT2D eigenvalue weighted by atomic mass is 10.1. The second kappa shape index (κ2) is 9.59. The molecule has 0 radical (unpaired) electrons. The van der Waals surface area contributed by atoms with Gasteiger partial charge in [-0.05, 0) is 36.2 Å². The fourth-order valence-electron chi connectivity index (χ4n) is 3.59. The maximum Gasteiger partial charge on any atom is 0.304 e.